The van der Waals surface area contributed by atoms with Gasteiger partial charge in [-0.25, -0.2) is 0 Å². The Morgan fingerprint density at radius 2 is 2.00 bits per heavy atom. The summed E-state index contributed by atoms with van der Waals surface area (Å²) in [4.78, 5) is 5.01. The fraction of sp³-hybridized carbons (Fsp3) is 0.625. The molecule has 0 N–H and O–H groups in total. The van der Waals surface area contributed by atoms with E-state index >= 15 is 0 Å². The van der Waals surface area contributed by atoms with Crippen LogP contribution in [0.25, 0.3) is 0 Å². The standard InChI is InChI=1S/C8H15NS/c1-8(2,3)7(10-5)6-9-4/h6H,4H2,1-3,5H3/b7-6-. The molecule has 0 rings (SSSR count). The fourth-order valence-electron chi connectivity index (χ4n) is 0.635. The maximum absolute atomic E-state index is 3.74. The van der Waals surface area contributed by atoms with Gasteiger partial charge in [0.05, 0.1) is 0 Å². The number of rotatable bonds is 2. The van der Waals surface area contributed by atoms with Crippen molar-refractivity contribution in [2.75, 3.05) is 6.26 Å². The minimum atomic E-state index is 0.209. The first-order valence-electron chi connectivity index (χ1n) is 3.23. The Hall–Kier alpha value is -0.240. The van der Waals surface area contributed by atoms with Crippen molar-refractivity contribution < 1.29 is 0 Å². The summed E-state index contributed by atoms with van der Waals surface area (Å²) >= 11 is 1.73. The molecule has 0 aromatic rings. The Bertz CT molecular complexity index is 142. The lowest BCUT2D eigenvalue weighted by Crippen LogP contribution is -2.05. The molecule has 0 aromatic carbocycles. The van der Waals surface area contributed by atoms with Crippen LogP contribution in [0.5, 0.6) is 0 Å². The molecular formula is C8H15NS. The molecule has 0 aliphatic heterocycles. The highest BCUT2D eigenvalue weighted by atomic mass is 32.2. The van der Waals surface area contributed by atoms with Crippen LogP contribution in [0.4, 0.5) is 0 Å². The number of hydrogen-bond donors (Lipinski definition) is 0. The fourth-order valence-corrected chi connectivity index (χ4v) is 1.43. The number of hydrogen-bond acceptors (Lipinski definition) is 2. The van der Waals surface area contributed by atoms with Crippen molar-refractivity contribution in [2.45, 2.75) is 20.8 Å². The number of nitrogens with zero attached hydrogens (tertiary/aromatic N) is 1. The maximum atomic E-state index is 3.74. The Labute approximate surface area is 67.6 Å². The second-order valence-corrected chi connectivity index (χ2v) is 3.98. The average Bonchev–Trinajstić information content (AvgIpc) is 1.80. The van der Waals surface area contributed by atoms with Crippen molar-refractivity contribution in [1.29, 1.82) is 0 Å². The van der Waals surface area contributed by atoms with Crippen LogP contribution in [0.15, 0.2) is 16.1 Å². The topological polar surface area (TPSA) is 12.4 Å². The second kappa shape index (κ2) is 3.81. The summed E-state index contributed by atoms with van der Waals surface area (Å²) in [6.07, 6.45) is 3.88. The Balaban J connectivity index is 4.35. The van der Waals surface area contributed by atoms with E-state index in [0.717, 1.165) is 0 Å². The third-order valence-electron chi connectivity index (χ3n) is 1.17. The zero-order valence-electron chi connectivity index (χ0n) is 7.14. The number of allylic oxidation sites excluding steroid dienone is 1. The van der Waals surface area contributed by atoms with Gasteiger partial charge in [0.2, 0.25) is 0 Å². The molecule has 0 saturated carbocycles. The normalized spacial score (nSPS) is 13.4. The molecule has 0 aromatic heterocycles. The summed E-state index contributed by atoms with van der Waals surface area (Å²) < 4.78 is 0. The molecule has 0 atom stereocenters. The summed E-state index contributed by atoms with van der Waals surface area (Å²) in [5, 5.41) is 0. The van der Waals surface area contributed by atoms with Crippen LogP contribution < -0.4 is 0 Å². The summed E-state index contributed by atoms with van der Waals surface area (Å²) in [5.74, 6) is 0. The van der Waals surface area contributed by atoms with Crippen LogP contribution in [0.1, 0.15) is 20.8 Å². The molecule has 2 heteroatoms. The molecule has 0 radical (unpaired) electrons. The monoisotopic (exact) mass is 157 g/mol. The molecule has 0 aliphatic carbocycles. The zero-order chi connectivity index (χ0) is 8.20. The van der Waals surface area contributed by atoms with E-state index in [2.05, 4.69) is 38.7 Å². The third-order valence-corrected chi connectivity index (χ3v) is 2.33. The molecular weight excluding hydrogens is 142 g/mol. The maximum Gasteiger partial charge on any atom is 0.0361 e. The minimum absolute atomic E-state index is 0.209. The Kier molecular flexibility index (Phi) is 3.72. The molecule has 0 amide bonds. The van der Waals surface area contributed by atoms with Crippen LogP contribution in [-0.4, -0.2) is 13.0 Å². The molecule has 0 fully saturated rings. The summed E-state index contributed by atoms with van der Waals surface area (Å²) in [7, 11) is 0. The van der Waals surface area contributed by atoms with Crippen molar-refractivity contribution in [1.82, 2.24) is 0 Å². The van der Waals surface area contributed by atoms with Gasteiger partial charge in [0, 0.05) is 11.1 Å². The average molecular weight is 157 g/mol. The molecule has 0 heterocycles. The van der Waals surface area contributed by atoms with Crippen molar-refractivity contribution in [2.24, 2.45) is 10.4 Å². The van der Waals surface area contributed by atoms with Crippen molar-refractivity contribution in [3.8, 4) is 0 Å². The van der Waals surface area contributed by atoms with E-state index in [4.69, 9.17) is 0 Å². The largest absolute Gasteiger partial charge is 0.272 e. The molecule has 0 bridgehead atoms. The predicted octanol–water partition coefficient (Wildman–Crippen LogP) is 2.94. The van der Waals surface area contributed by atoms with Crippen LogP contribution in [-0.2, 0) is 0 Å². The van der Waals surface area contributed by atoms with Gasteiger partial charge in [0.25, 0.3) is 0 Å². The second-order valence-electron chi connectivity index (χ2n) is 3.13. The van der Waals surface area contributed by atoms with Crippen LogP contribution in [0.3, 0.4) is 0 Å². The van der Waals surface area contributed by atoms with Crippen LogP contribution in [0.2, 0.25) is 0 Å². The van der Waals surface area contributed by atoms with E-state index in [1.54, 1.807) is 11.8 Å². The SMILES string of the molecule is C=N/C=C(\SC)C(C)(C)C. The summed E-state index contributed by atoms with van der Waals surface area (Å²) in [5.41, 5.74) is 0.209. The molecule has 0 unspecified atom stereocenters. The minimum Gasteiger partial charge on any atom is -0.272 e. The first-order valence-corrected chi connectivity index (χ1v) is 4.45. The molecule has 0 spiro atoms. The Morgan fingerprint density at radius 3 is 2.10 bits per heavy atom. The predicted molar refractivity (Wildman–Crippen MR) is 50.6 cm³/mol. The van der Waals surface area contributed by atoms with Gasteiger partial charge < -0.3 is 0 Å². The third kappa shape index (κ3) is 3.06. The van der Waals surface area contributed by atoms with Gasteiger partial charge in [-0.1, -0.05) is 20.8 Å². The lowest BCUT2D eigenvalue weighted by molar-refractivity contribution is 0.532. The van der Waals surface area contributed by atoms with Gasteiger partial charge >= 0.3 is 0 Å². The quantitative estimate of drug-likeness (QED) is 0.561. The van der Waals surface area contributed by atoms with Crippen molar-refractivity contribution >= 4 is 18.5 Å². The summed E-state index contributed by atoms with van der Waals surface area (Å²) in [6.45, 7) is 9.92. The zero-order valence-corrected chi connectivity index (χ0v) is 7.96. The van der Waals surface area contributed by atoms with E-state index in [9.17, 15) is 0 Å². The Morgan fingerprint density at radius 1 is 1.50 bits per heavy atom. The molecule has 10 heavy (non-hydrogen) atoms. The van der Waals surface area contributed by atoms with Gasteiger partial charge in [-0.3, -0.25) is 4.99 Å². The van der Waals surface area contributed by atoms with E-state index in [1.165, 1.54) is 4.91 Å². The smallest absolute Gasteiger partial charge is 0.0361 e. The lowest BCUT2D eigenvalue weighted by Gasteiger charge is -2.19. The van der Waals surface area contributed by atoms with Crippen molar-refractivity contribution in [3.05, 3.63) is 11.1 Å². The summed E-state index contributed by atoms with van der Waals surface area (Å²) in [6, 6.07) is 0. The van der Waals surface area contributed by atoms with Gasteiger partial charge in [0.1, 0.15) is 0 Å². The van der Waals surface area contributed by atoms with Gasteiger partial charge in [-0.05, 0) is 18.4 Å². The lowest BCUT2D eigenvalue weighted by atomic mass is 9.97. The number of thioether (sulfide) groups is 1. The van der Waals surface area contributed by atoms with Gasteiger partial charge in [-0.2, -0.15) is 0 Å². The molecule has 1 nitrogen and oxygen atoms in total. The van der Waals surface area contributed by atoms with Crippen LogP contribution >= 0.6 is 11.8 Å². The van der Waals surface area contributed by atoms with E-state index < -0.39 is 0 Å². The highest BCUT2D eigenvalue weighted by Crippen LogP contribution is 2.32. The molecule has 58 valence electrons. The van der Waals surface area contributed by atoms with Gasteiger partial charge in [-0.15, -0.1) is 11.8 Å². The van der Waals surface area contributed by atoms with Crippen LogP contribution in [0, 0.1) is 5.41 Å². The first kappa shape index (κ1) is 9.76. The van der Waals surface area contributed by atoms with Gasteiger partial charge in [0.15, 0.2) is 0 Å². The van der Waals surface area contributed by atoms with E-state index in [1.807, 2.05) is 6.20 Å². The highest BCUT2D eigenvalue weighted by Gasteiger charge is 2.15. The first-order chi connectivity index (χ1) is 4.52. The number of aliphatic imine (C=N–C) groups is 1. The molecule has 0 aliphatic rings. The van der Waals surface area contributed by atoms with E-state index in [0.29, 0.717) is 0 Å². The van der Waals surface area contributed by atoms with E-state index in [-0.39, 0.29) is 5.41 Å². The molecule has 0 saturated heterocycles. The van der Waals surface area contributed by atoms with Crippen molar-refractivity contribution in [3.63, 3.8) is 0 Å². The highest BCUT2D eigenvalue weighted by molar-refractivity contribution is 8.02.